The first-order valence-corrected chi connectivity index (χ1v) is 7.22. The summed E-state index contributed by atoms with van der Waals surface area (Å²) in [4.78, 5) is 30.0. The van der Waals surface area contributed by atoms with Crippen LogP contribution in [0.2, 0.25) is 0 Å². The van der Waals surface area contributed by atoms with Gasteiger partial charge in [-0.3, -0.25) is 14.3 Å². The molecule has 0 unspecified atom stereocenters. The average molecular weight is 309 g/mol. The van der Waals surface area contributed by atoms with Gasteiger partial charge in [0.1, 0.15) is 11.0 Å². The SMILES string of the molecule is CC(C)(C#N)CCCCn1c2c(c(=O)[nH]c1=O)CC(Cl)=N2. The van der Waals surface area contributed by atoms with Gasteiger partial charge in [-0.2, -0.15) is 5.26 Å². The molecule has 0 radical (unpaired) electrons. The van der Waals surface area contributed by atoms with Gasteiger partial charge in [-0.25, -0.2) is 9.79 Å². The maximum absolute atomic E-state index is 11.9. The average Bonchev–Trinajstić information content (AvgIpc) is 2.80. The lowest BCUT2D eigenvalue weighted by Crippen LogP contribution is -2.31. The highest BCUT2D eigenvalue weighted by molar-refractivity contribution is 6.66. The largest absolute Gasteiger partial charge is 0.329 e. The second-order valence-corrected chi connectivity index (χ2v) is 6.27. The monoisotopic (exact) mass is 308 g/mol. The number of fused-ring (bicyclic) bond motifs is 1. The van der Waals surface area contributed by atoms with Crippen LogP contribution in [0.1, 0.15) is 38.7 Å². The molecule has 1 aromatic heterocycles. The highest BCUT2D eigenvalue weighted by atomic mass is 35.5. The third-order valence-corrected chi connectivity index (χ3v) is 3.77. The highest BCUT2D eigenvalue weighted by Crippen LogP contribution is 2.25. The molecule has 2 rings (SSSR count). The quantitative estimate of drug-likeness (QED) is 0.844. The fraction of sp³-hybridized carbons (Fsp3) is 0.571. The summed E-state index contributed by atoms with van der Waals surface area (Å²) >= 11 is 5.86. The van der Waals surface area contributed by atoms with E-state index in [9.17, 15) is 9.59 Å². The van der Waals surface area contributed by atoms with Crippen LogP contribution in [-0.2, 0) is 13.0 Å². The molecule has 112 valence electrons. The molecule has 0 aromatic carbocycles. The summed E-state index contributed by atoms with van der Waals surface area (Å²) in [7, 11) is 0. The number of hydrogen-bond acceptors (Lipinski definition) is 4. The van der Waals surface area contributed by atoms with E-state index in [0.29, 0.717) is 23.1 Å². The molecular weight excluding hydrogens is 292 g/mol. The first kappa shape index (κ1) is 15.5. The third kappa shape index (κ3) is 3.42. The van der Waals surface area contributed by atoms with E-state index in [0.717, 1.165) is 19.3 Å². The molecule has 1 aliphatic heterocycles. The van der Waals surface area contributed by atoms with Gasteiger partial charge >= 0.3 is 5.69 Å². The minimum absolute atomic E-state index is 0.272. The van der Waals surface area contributed by atoms with Crippen molar-refractivity contribution in [1.29, 1.82) is 5.26 Å². The van der Waals surface area contributed by atoms with Crippen molar-refractivity contribution >= 4 is 22.6 Å². The molecule has 2 heterocycles. The highest BCUT2D eigenvalue weighted by Gasteiger charge is 2.21. The molecular formula is C14H17ClN4O2. The maximum atomic E-state index is 11.9. The second kappa shape index (κ2) is 5.86. The number of hydrogen-bond donors (Lipinski definition) is 1. The van der Waals surface area contributed by atoms with Gasteiger partial charge in [-0.05, 0) is 26.7 Å². The van der Waals surface area contributed by atoms with Crippen molar-refractivity contribution < 1.29 is 0 Å². The number of H-pyrrole nitrogens is 1. The van der Waals surface area contributed by atoms with Crippen LogP contribution in [0, 0.1) is 16.7 Å². The number of nitriles is 1. The Bertz CT molecular complexity index is 737. The van der Waals surface area contributed by atoms with Crippen molar-refractivity contribution in [3.8, 4) is 6.07 Å². The normalized spacial score (nSPS) is 13.7. The van der Waals surface area contributed by atoms with Crippen LogP contribution in [0.4, 0.5) is 5.82 Å². The fourth-order valence-corrected chi connectivity index (χ4v) is 2.50. The van der Waals surface area contributed by atoms with Gasteiger partial charge in [0, 0.05) is 13.0 Å². The fourth-order valence-electron chi connectivity index (χ4n) is 2.29. The van der Waals surface area contributed by atoms with Gasteiger partial charge < -0.3 is 0 Å². The summed E-state index contributed by atoms with van der Waals surface area (Å²) in [6.45, 7) is 4.23. The number of nitrogens with one attached hydrogen (secondary N) is 1. The minimum atomic E-state index is -0.464. The summed E-state index contributed by atoms with van der Waals surface area (Å²) < 4.78 is 1.45. The van der Waals surface area contributed by atoms with E-state index in [1.807, 2.05) is 13.8 Å². The molecule has 0 amide bonds. The van der Waals surface area contributed by atoms with Gasteiger partial charge in [0.2, 0.25) is 0 Å². The van der Waals surface area contributed by atoms with Crippen molar-refractivity contribution in [2.75, 3.05) is 0 Å². The van der Waals surface area contributed by atoms with Crippen molar-refractivity contribution in [3.05, 3.63) is 26.4 Å². The van der Waals surface area contributed by atoms with Crippen LogP contribution in [0.3, 0.4) is 0 Å². The molecule has 0 aliphatic carbocycles. The van der Waals surface area contributed by atoms with E-state index in [4.69, 9.17) is 16.9 Å². The Balaban J connectivity index is 2.12. The van der Waals surface area contributed by atoms with Crippen molar-refractivity contribution in [2.24, 2.45) is 10.4 Å². The summed E-state index contributed by atoms with van der Waals surface area (Å²) in [5.41, 5.74) is -0.805. The molecule has 0 bridgehead atoms. The molecule has 6 nitrogen and oxygen atoms in total. The Morgan fingerprint density at radius 3 is 2.81 bits per heavy atom. The number of unbranched alkanes of at least 4 members (excludes halogenated alkanes) is 1. The summed E-state index contributed by atoms with van der Waals surface area (Å²) in [6.07, 6.45) is 2.58. The molecule has 0 spiro atoms. The predicted molar refractivity (Wildman–Crippen MR) is 81.2 cm³/mol. The minimum Gasteiger partial charge on any atom is -0.278 e. The van der Waals surface area contributed by atoms with Crippen LogP contribution in [0.5, 0.6) is 0 Å². The zero-order valence-electron chi connectivity index (χ0n) is 12.1. The number of nitrogens with zero attached hydrogens (tertiary/aromatic N) is 3. The van der Waals surface area contributed by atoms with Crippen molar-refractivity contribution in [2.45, 2.75) is 46.1 Å². The molecule has 0 fully saturated rings. The molecule has 7 heteroatoms. The van der Waals surface area contributed by atoms with Crippen LogP contribution in [0.15, 0.2) is 14.6 Å². The van der Waals surface area contributed by atoms with E-state index in [-0.39, 0.29) is 11.8 Å². The van der Waals surface area contributed by atoms with E-state index < -0.39 is 11.2 Å². The number of aromatic nitrogens is 2. The topological polar surface area (TPSA) is 91.0 Å². The van der Waals surface area contributed by atoms with Crippen LogP contribution in [0.25, 0.3) is 0 Å². The third-order valence-electron chi connectivity index (χ3n) is 3.55. The van der Waals surface area contributed by atoms with E-state index in [1.54, 1.807) is 0 Å². The lowest BCUT2D eigenvalue weighted by atomic mass is 9.89. The molecule has 0 saturated heterocycles. The molecule has 0 atom stereocenters. The number of aliphatic imine (C=N–C) groups is 1. The standard InChI is InChI=1S/C14H17ClN4O2/c1-14(2,8-16)5-3-4-6-19-11-9(7-10(15)17-11)12(20)18-13(19)21/h3-7H2,1-2H3,(H,18,20,21). The Morgan fingerprint density at radius 1 is 1.43 bits per heavy atom. The Morgan fingerprint density at radius 2 is 2.14 bits per heavy atom. The molecule has 1 N–H and O–H groups in total. The lowest BCUT2D eigenvalue weighted by molar-refractivity contribution is 0.415. The Hall–Kier alpha value is -1.87. The van der Waals surface area contributed by atoms with E-state index in [2.05, 4.69) is 16.0 Å². The summed E-state index contributed by atoms with van der Waals surface area (Å²) in [6, 6.07) is 2.25. The van der Waals surface area contributed by atoms with E-state index >= 15 is 0 Å². The molecule has 21 heavy (non-hydrogen) atoms. The zero-order valence-corrected chi connectivity index (χ0v) is 12.8. The number of halogens is 1. The van der Waals surface area contributed by atoms with Gasteiger partial charge in [0.15, 0.2) is 0 Å². The van der Waals surface area contributed by atoms with E-state index in [1.165, 1.54) is 4.57 Å². The second-order valence-electron chi connectivity index (χ2n) is 5.83. The van der Waals surface area contributed by atoms with Gasteiger partial charge in [-0.15, -0.1) is 0 Å². The zero-order chi connectivity index (χ0) is 15.6. The maximum Gasteiger partial charge on any atom is 0.329 e. The van der Waals surface area contributed by atoms with Crippen LogP contribution < -0.4 is 11.2 Å². The van der Waals surface area contributed by atoms with Crippen LogP contribution in [-0.4, -0.2) is 14.7 Å². The van der Waals surface area contributed by atoms with Gasteiger partial charge in [0.25, 0.3) is 5.56 Å². The summed E-state index contributed by atoms with van der Waals surface area (Å²) in [5, 5.41) is 9.28. The predicted octanol–water partition coefficient (Wildman–Crippen LogP) is 2.08. The Labute approximate surface area is 127 Å². The lowest BCUT2D eigenvalue weighted by Gasteiger charge is -2.15. The Kier molecular flexibility index (Phi) is 4.33. The summed E-state index contributed by atoms with van der Waals surface area (Å²) in [5.74, 6) is 0.369. The molecule has 1 aliphatic rings. The first-order valence-electron chi connectivity index (χ1n) is 6.84. The smallest absolute Gasteiger partial charge is 0.278 e. The van der Waals surface area contributed by atoms with Gasteiger partial charge in [0.05, 0.1) is 17.0 Å². The molecule has 1 aromatic rings. The van der Waals surface area contributed by atoms with Gasteiger partial charge in [-0.1, -0.05) is 18.0 Å². The molecule has 0 saturated carbocycles. The van der Waals surface area contributed by atoms with Crippen molar-refractivity contribution in [3.63, 3.8) is 0 Å². The number of aromatic amines is 1. The number of rotatable bonds is 5. The van der Waals surface area contributed by atoms with Crippen molar-refractivity contribution in [1.82, 2.24) is 9.55 Å². The first-order chi connectivity index (χ1) is 9.84. The van der Waals surface area contributed by atoms with Crippen LogP contribution >= 0.6 is 11.6 Å².